The second-order valence-corrected chi connectivity index (χ2v) is 5.69. The van der Waals surface area contributed by atoms with Gasteiger partial charge in [-0.1, -0.05) is 20.3 Å². The summed E-state index contributed by atoms with van der Waals surface area (Å²) in [5, 5.41) is 0. The van der Waals surface area contributed by atoms with E-state index in [-0.39, 0.29) is 13.3 Å². The predicted molar refractivity (Wildman–Crippen MR) is 65.0 cm³/mol. The third-order valence-corrected chi connectivity index (χ3v) is 3.75. The minimum absolute atomic E-state index is 0.00687. The van der Waals surface area contributed by atoms with Gasteiger partial charge >= 0.3 is 18.0 Å². The summed E-state index contributed by atoms with van der Waals surface area (Å²) >= 11 is 0. The summed E-state index contributed by atoms with van der Waals surface area (Å²) in [7, 11) is 0. The average molecular weight is 362 g/mol. The summed E-state index contributed by atoms with van der Waals surface area (Å²) in [5.74, 6) is 0. The zero-order valence-electron chi connectivity index (χ0n) is 13.0. The Morgan fingerprint density at radius 2 is 1.30 bits per heavy atom. The van der Waals surface area contributed by atoms with Gasteiger partial charge in [0.2, 0.25) is 0 Å². The Morgan fingerprint density at radius 1 is 0.870 bits per heavy atom. The zero-order chi connectivity index (χ0) is 18.9. The monoisotopic (exact) mass is 362 g/mol. The highest BCUT2D eigenvalue weighted by Gasteiger charge is 2.81. The average Bonchev–Trinajstić information content (AvgIpc) is 2.34. The molecule has 140 valence electrons. The Balaban J connectivity index is 6.10. The van der Waals surface area contributed by atoms with E-state index < -0.39 is 48.5 Å². The predicted octanol–water partition coefficient (Wildman–Crippen LogP) is 5.83. The normalized spacial score (nSPS) is 21.7. The molecule has 23 heavy (non-hydrogen) atoms. The van der Waals surface area contributed by atoms with E-state index in [2.05, 4.69) is 4.74 Å². The van der Waals surface area contributed by atoms with Crippen LogP contribution >= 0.6 is 0 Å². The van der Waals surface area contributed by atoms with Crippen LogP contribution in [-0.4, -0.2) is 35.6 Å². The lowest BCUT2D eigenvalue weighted by atomic mass is 9.82. The second-order valence-electron chi connectivity index (χ2n) is 5.69. The highest BCUT2D eigenvalue weighted by molar-refractivity contribution is 5.09. The van der Waals surface area contributed by atoms with Crippen LogP contribution in [0.15, 0.2) is 0 Å². The first-order valence-corrected chi connectivity index (χ1v) is 6.83. The molecule has 0 aliphatic carbocycles. The first-order chi connectivity index (χ1) is 10.0. The van der Waals surface area contributed by atoms with Crippen LogP contribution in [0.3, 0.4) is 0 Å². The summed E-state index contributed by atoms with van der Waals surface area (Å²) < 4.78 is 124. The Bertz CT molecular complexity index is 393. The van der Waals surface area contributed by atoms with Crippen LogP contribution in [0.5, 0.6) is 0 Å². The van der Waals surface area contributed by atoms with Gasteiger partial charge in [0.1, 0.15) is 5.60 Å². The summed E-state index contributed by atoms with van der Waals surface area (Å²) in [4.78, 5) is 0. The van der Waals surface area contributed by atoms with Gasteiger partial charge in [0, 0.05) is 0 Å². The molecule has 0 spiro atoms. The molecule has 0 aromatic heterocycles. The van der Waals surface area contributed by atoms with Gasteiger partial charge in [-0.3, -0.25) is 0 Å². The van der Waals surface area contributed by atoms with Crippen LogP contribution < -0.4 is 0 Å². The number of rotatable bonds is 8. The molecule has 1 nitrogen and oxygen atoms in total. The van der Waals surface area contributed by atoms with Crippen molar-refractivity contribution in [3.8, 4) is 0 Å². The van der Waals surface area contributed by atoms with Gasteiger partial charge in [0.05, 0.1) is 0 Å². The van der Waals surface area contributed by atoms with Crippen LogP contribution in [0.4, 0.5) is 39.5 Å². The fourth-order valence-corrected chi connectivity index (χ4v) is 2.04. The SMILES string of the molecule is CCCC(C)(F)C(F)(C(F)(F)F)C(F)(F)OC(C)(CC)C(F)F. The summed E-state index contributed by atoms with van der Waals surface area (Å²) in [6.45, 7) is 2.50. The first kappa shape index (κ1) is 22.3. The highest BCUT2D eigenvalue weighted by atomic mass is 19.4. The molecular weight excluding hydrogens is 343 g/mol. The van der Waals surface area contributed by atoms with E-state index in [1.165, 1.54) is 0 Å². The molecule has 0 amide bonds. The molecule has 0 heterocycles. The lowest BCUT2D eigenvalue weighted by Crippen LogP contribution is -2.69. The fourth-order valence-electron chi connectivity index (χ4n) is 2.04. The largest absolute Gasteiger partial charge is 0.434 e. The number of halogens is 9. The second kappa shape index (κ2) is 6.68. The number of ether oxygens (including phenoxy) is 1. The van der Waals surface area contributed by atoms with E-state index in [1.807, 2.05) is 0 Å². The number of hydrogen-bond acceptors (Lipinski definition) is 1. The maximum absolute atomic E-state index is 14.4. The Hall–Kier alpha value is -0.670. The van der Waals surface area contributed by atoms with E-state index in [9.17, 15) is 39.5 Å². The van der Waals surface area contributed by atoms with Gasteiger partial charge < -0.3 is 4.74 Å². The van der Waals surface area contributed by atoms with Crippen LogP contribution in [0.1, 0.15) is 47.0 Å². The third kappa shape index (κ3) is 3.88. The van der Waals surface area contributed by atoms with Crippen molar-refractivity contribution < 1.29 is 44.3 Å². The molecule has 3 unspecified atom stereocenters. The summed E-state index contributed by atoms with van der Waals surface area (Å²) in [5.41, 5.74) is -12.9. The van der Waals surface area contributed by atoms with Gasteiger partial charge in [-0.2, -0.15) is 22.0 Å². The molecule has 0 aromatic carbocycles. The van der Waals surface area contributed by atoms with E-state index in [0.29, 0.717) is 6.92 Å². The van der Waals surface area contributed by atoms with Crippen LogP contribution in [0.2, 0.25) is 0 Å². The summed E-state index contributed by atoms with van der Waals surface area (Å²) in [6.07, 6.45) is -18.3. The van der Waals surface area contributed by atoms with Crippen molar-refractivity contribution in [2.45, 2.75) is 82.6 Å². The van der Waals surface area contributed by atoms with E-state index in [0.717, 1.165) is 13.8 Å². The van der Waals surface area contributed by atoms with E-state index >= 15 is 0 Å². The van der Waals surface area contributed by atoms with Gasteiger partial charge in [0.25, 0.3) is 6.43 Å². The molecular formula is C13H19F9O. The molecule has 0 N–H and O–H groups in total. The zero-order valence-corrected chi connectivity index (χ0v) is 13.0. The molecule has 0 bridgehead atoms. The Kier molecular flexibility index (Phi) is 6.48. The molecule has 0 saturated heterocycles. The van der Waals surface area contributed by atoms with Crippen molar-refractivity contribution in [3.05, 3.63) is 0 Å². The van der Waals surface area contributed by atoms with Crippen molar-refractivity contribution in [2.75, 3.05) is 0 Å². The molecule has 0 aliphatic heterocycles. The molecule has 10 heteroatoms. The van der Waals surface area contributed by atoms with Crippen molar-refractivity contribution >= 4 is 0 Å². The molecule has 3 atom stereocenters. The summed E-state index contributed by atoms with van der Waals surface area (Å²) in [6, 6.07) is 0. The molecule has 0 fully saturated rings. The maximum Gasteiger partial charge on any atom is 0.434 e. The Labute approximate surface area is 128 Å². The molecule has 0 radical (unpaired) electrons. The van der Waals surface area contributed by atoms with E-state index in [1.54, 1.807) is 0 Å². The topological polar surface area (TPSA) is 9.23 Å². The molecule has 0 aliphatic rings. The van der Waals surface area contributed by atoms with Crippen molar-refractivity contribution in [2.24, 2.45) is 0 Å². The van der Waals surface area contributed by atoms with Gasteiger partial charge in [0.15, 0.2) is 5.67 Å². The lowest BCUT2D eigenvalue weighted by molar-refractivity contribution is -0.435. The van der Waals surface area contributed by atoms with Crippen molar-refractivity contribution in [1.82, 2.24) is 0 Å². The van der Waals surface area contributed by atoms with Crippen LogP contribution in [0, 0.1) is 0 Å². The van der Waals surface area contributed by atoms with E-state index in [4.69, 9.17) is 0 Å². The third-order valence-electron chi connectivity index (χ3n) is 3.75. The standard InChI is InChI=1S/C13H19F9O/c1-5-7-10(4,16)11(17,12(18,19)20)13(21,22)23-9(3,6-2)8(14)15/h8H,5-7H2,1-4H3. The van der Waals surface area contributed by atoms with Crippen LogP contribution in [-0.2, 0) is 4.74 Å². The van der Waals surface area contributed by atoms with Gasteiger partial charge in [-0.05, 0) is 26.7 Å². The number of alkyl halides is 9. The van der Waals surface area contributed by atoms with Crippen LogP contribution in [0.25, 0.3) is 0 Å². The molecule has 0 aromatic rings. The van der Waals surface area contributed by atoms with Crippen molar-refractivity contribution in [1.29, 1.82) is 0 Å². The Morgan fingerprint density at radius 3 is 1.57 bits per heavy atom. The fraction of sp³-hybridized carbons (Fsp3) is 1.00. The first-order valence-electron chi connectivity index (χ1n) is 6.83. The number of hydrogen-bond donors (Lipinski definition) is 0. The quantitative estimate of drug-likeness (QED) is 0.494. The molecule has 0 rings (SSSR count). The lowest BCUT2D eigenvalue weighted by Gasteiger charge is -2.44. The minimum Gasteiger partial charge on any atom is -0.305 e. The van der Waals surface area contributed by atoms with Gasteiger partial charge in [-0.25, -0.2) is 17.6 Å². The van der Waals surface area contributed by atoms with Crippen molar-refractivity contribution in [3.63, 3.8) is 0 Å². The minimum atomic E-state index is -6.38. The smallest absolute Gasteiger partial charge is 0.305 e. The molecule has 0 saturated carbocycles. The highest BCUT2D eigenvalue weighted by Crippen LogP contribution is 2.56. The van der Waals surface area contributed by atoms with Gasteiger partial charge in [-0.15, -0.1) is 0 Å². The maximum atomic E-state index is 14.4.